The van der Waals surface area contributed by atoms with Crippen LogP contribution in [0.2, 0.25) is 0 Å². The van der Waals surface area contributed by atoms with E-state index in [0.29, 0.717) is 5.69 Å². The average Bonchev–Trinajstić information content (AvgIpc) is 2.87. The van der Waals surface area contributed by atoms with E-state index in [9.17, 15) is 18.8 Å². The molecule has 0 aliphatic rings. The van der Waals surface area contributed by atoms with E-state index in [0.717, 1.165) is 18.1 Å². The third-order valence-electron chi connectivity index (χ3n) is 6.46. The molecule has 3 N–H and O–H groups in total. The Kier molecular flexibility index (Phi) is 10.2. The van der Waals surface area contributed by atoms with Gasteiger partial charge in [0.15, 0.2) is 11.6 Å². The van der Waals surface area contributed by atoms with Crippen molar-refractivity contribution in [1.29, 1.82) is 0 Å². The van der Waals surface area contributed by atoms with Crippen LogP contribution in [0, 0.1) is 5.82 Å². The van der Waals surface area contributed by atoms with Crippen LogP contribution in [0.4, 0.5) is 10.1 Å². The number of hydrogen-bond acceptors (Lipinski definition) is 4. The maximum absolute atomic E-state index is 14.7. The second kappa shape index (κ2) is 12.9. The highest BCUT2D eigenvalue weighted by Crippen LogP contribution is 2.30. The van der Waals surface area contributed by atoms with Crippen molar-refractivity contribution in [3.63, 3.8) is 0 Å². The van der Waals surface area contributed by atoms with Crippen LogP contribution in [0.15, 0.2) is 66.3 Å². The van der Waals surface area contributed by atoms with Crippen molar-refractivity contribution < 1.29 is 23.5 Å². The monoisotopic (exact) mass is 509 g/mol. The number of benzene rings is 2. The van der Waals surface area contributed by atoms with Gasteiger partial charge in [0, 0.05) is 23.9 Å². The fourth-order valence-corrected chi connectivity index (χ4v) is 3.82. The molecule has 0 saturated heterocycles. The fourth-order valence-electron chi connectivity index (χ4n) is 3.82. The van der Waals surface area contributed by atoms with Crippen LogP contribution in [0.1, 0.15) is 58.2 Å². The number of likely N-dealkylation sites (N-methyl/N-ethyl adjacent to an activating group) is 1. The van der Waals surface area contributed by atoms with Gasteiger partial charge in [-0.3, -0.25) is 14.4 Å². The first-order valence-electron chi connectivity index (χ1n) is 12.2. The number of hydrogen-bond donors (Lipinski definition) is 2. The van der Waals surface area contributed by atoms with E-state index in [2.05, 4.69) is 26.1 Å². The second-order valence-electron chi connectivity index (χ2n) is 9.17. The zero-order chi connectivity index (χ0) is 27.8. The minimum atomic E-state index is -1.17. The highest BCUT2D eigenvalue weighted by Gasteiger charge is 2.32. The topological polar surface area (TPSA) is 102 Å². The number of anilines is 1. The largest absolute Gasteiger partial charge is 0.494 e. The van der Waals surface area contributed by atoms with E-state index >= 15 is 0 Å². The molecular weight excluding hydrogens is 473 g/mol. The third-order valence-corrected chi connectivity index (χ3v) is 6.46. The summed E-state index contributed by atoms with van der Waals surface area (Å²) in [4.78, 5) is 39.6. The molecule has 0 radical (unpaired) electrons. The Morgan fingerprint density at radius 2 is 1.76 bits per heavy atom. The molecule has 37 heavy (non-hydrogen) atoms. The molecule has 2 aromatic carbocycles. The molecule has 0 heterocycles. The van der Waals surface area contributed by atoms with Crippen LogP contribution in [-0.4, -0.2) is 36.3 Å². The third kappa shape index (κ3) is 7.29. The number of nitrogens with one attached hydrogen (secondary N) is 1. The molecule has 0 aliphatic heterocycles. The predicted octanol–water partition coefficient (Wildman–Crippen LogP) is 5.04. The van der Waals surface area contributed by atoms with E-state index in [1.807, 2.05) is 12.1 Å². The second-order valence-corrected chi connectivity index (χ2v) is 9.17. The number of rotatable bonds is 11. The van der Waals surface area contributed by atoms with E-state index in [1.165, 1.54) is 36.3 Å². The summed E-state index contributed by atoms with van der Waals surface area (Å²) in [5.74, 6) is -2.38. The Morgan fingerprint density at radius 1 is 1.11 bits per heavy atom. The van der Waals surface area contributed by atoms with Crippen LogP contribution in [0.3, 0.4) is 0 Å². The number of methoxy groups -OCH3 is 1. The van der Waals surface area contributed by atoms with Gasteiger partial charge in [-0.25, -0.2) is 4.39 Å². The van der Waals surface area contributed by atoms with Crippen LogP contribution in [-0.2, 0) is 19.8 Å². The number of carbonyl (C=O) groups is 3. The first kappa shape index (κ1) is 29.3. The first-order chi connectivity index (χ1) is 17.5. The predicted molar refractivity (Wildman–Crippen MR) is 144 cm³/mol. The molecule has 0 fully saturated rings. The molecule has 198 valence electrons. The van der Waals surface area contributed by atoms with Gasteiger partial charge in [-0.1, -0.05) is 45.0 Å². The summed E-state index contributed by atoms with van der Waals surface area (Å²) in [7, 11) is 1.34. The Hall–Kier alpha value is -3.94. The van der Waals surface area contributed by atoms with Crippen molar-refractivity contribution >= 4 is 23.4 Å². The lowest BCUT2D eigenvalue weighted by molar-refractivity contribution is -0.135. The number of nitrogens with two attached hydrogens (primary N) is 1. The van der Waals surface area contributed by atoms with Crippen LogP contribution >= 0.6 is 0 Å². The molecule has 8 heteroatoms. The summed E-state index contributed by atoms with van der Waals surface area (Å²) in [6.07, 6.45) is 4.84. The van der Waals surface area contributed by atoms with Gasteiger partial charge in [-0.2, -0.15) is 0 Å². The van der Waals surface area contributed by atoms with Crippen LogP contribution in [0.25, 0.3) is 0 Å². The molecule has 3 amide bonds. The quantitative estimate of drug-likeness (QED) is 0.327. The molecule has 1 atom stereocenters. The van der Waals surface area contributed by atoms with Crippen LogP contribution in [0.5, 0.6) is 5.75 Å². The standard InChI is InChI=1S/C29H36FN3O4/c1-7-19(11-17-25(31)34)28(36)33(9-3)26(20-10-16-24(37-6)23(30)18-20)27(35)32-22-14-12-21(13-15-22)29(4,5)8-2/h7,10-18,26H,8-9H2,1-6H3,(H2,31,34)(H,32,35)/b17-11-,19-7+. The van der Waals surface area contributed by atoms with Gasteiger partial charge in [0.25, 0.3) is 11.8 Å². The minimum absolute atomic E-state index is 0.0154. The Labute approximate surface area is 218 Å². The lowest BCUT2D eigenvalue weighted by Gasteiger charge is -2.31. The molecule has 7 nitrogen and oxygen atoms in total. The summed E-state index contributed by atoms with van der Waals surface area (Å²) in [6, 6.07) is 10.5. The Balaban J connectivity index is 2.50. The maximum Gasteiger partial charge on any atom is 0.254 e. The van der Waals surface area contributed by atoms with Crippen molar-refractivity contribution in [3.05, 3.63) is 83.2 Å². The summed E-state index contributed by atoms with van der Waals surface area (Å²) in [5, 5.41) is 2.86. The molecule has 2 aromatic rings. The smallest absolute Gasteiger partial charge is 0.254 e. The number of carbonyl (C=O) groups excluding carboxylic acids is 3. The zero-order valence-corrected chi connectivity index (χ0v) is 22.3. The minimum Gasteiger partial charge on any atom is -0.494 e. The molecule has 0 saturated carbocycles. The normalized spacial score (nSPS) is 12.8. The Morgan fingerprint density at radius 3 is 2.24 bits per heavy atom. The number of primary amides is 1. The average molecular weight is 510 g/mol. The summed E-state index contributed by atoms with van der Waals surface area (Å²) in [5.41, 5.74) is 7.28. The molecule has 0 aliphatic carbocycles. The van der Waals surface area contributed by atoms with Crippen molar-refractivity contribution in [2.75, 3.05) is 19.0 Å². The highest BCUT2D eigenvalue weighted by atomic mass is 19.1. The van der Waals surface area contributed by atoms with Crippen LogP contribution < -0.4 is 15.8 Å². The highest BCUT2D eigenvalue weighted by molar-refractivity contribution is 6.03. The van der Waals surface area contributed by atoms with Crippen molar-refractivity contribution in [2.24, 2.45) is 5.73 Å². The lowest BCUT2D eigenvalue weighted by Crippen LogP contribution is -2.41. The van der Waals surface area contributed by atoms with E-state index in [4.69, 9.17) is 10.5 Å². The molecule has 0 aromatic heterocycles. The SMILES string of the molecule is C/C=C(\C=C/C(N)=O)C(=O)N(CC)C(C(=O)Nc1ccc(C(C)(C)CC)cc1)c1ccc(OC)c(F)c1. The van der Waals surface area contributed by atoms with E-state index < -0.39 is 29.6 Å². The van der Waals surface area contributed by atoms with Crippen molar-refractivity contribution in [2.45, 2.75) is 52.5 Å². The number of amides is 3. The van der Waals surface area contributed by atoms with Crippen molar-refractivity contribution in [3.8, 4) is 5.75 Å². The van der Waals surface area contributed by atoms with Gasteiger partial charge in [-0.05, 0) is 67.2 Å². The van der Waals surface area contributed by atoms with Gasteiger partial charge < -0.3 is 20.7 Å². The van der Waals surface area contributed by atoms with Gasteiger partial charge in [0.2, 0.25) is 5.91 Å². The van der Waals surface area contributed by atoms with Gasteiger partial charge in [-0.15, -0.1) is 0 Å². The lowest BCUT2D eigenvalue weighted by atomic mass is 9.82. The maximum atomic E-state index is 14.7. The molecule has 0 bridgehead atoms. The summed E-state index contributed by atoms with van der Waals surface area (Å²) < 4.78 is 19.7. The van der Waals surface area contributed by atoms with Gasteiger partial charge in [0.05, 0.1) is 7.11 Å². The zero-order valence-electron chi connectivity index (χ0n) is 22.3. The van der Waals surface area contributed by atoms with E-state index in [-0.39, 0.29) is 28.8 Å². The number of nitrogens with zero attached hydrogens (tertiary/aromatic N) is 1. The van der Waals surface area contributed by atoms with E-state index in [1.54, 1.807) is 32.0 Å². The number of allylic oxidation sites excluding steroid dienone is 1. The van der Waals surface area contributed by atoms with Gasteiger partial charge >= 0.3 is 0 Å². The Bertz CT molecular complexity index is 1190. The fraction of sp³-hybridized carbons (Fsp3) is 0.345. The molecular formula is C29H36FN3O4. The molecule has 2 rings (SSSR count). The molecule has 0 spiro atoms. The summed E-state index contributed by atoms with van der Waals surface area (Å²) in [6.45, 7) is 9.88. The van der Waals surface area contributed by atoms with Crippen molar-refractivity contribution in [1.82, 2.24) is 4.90 Å². The summed E-state index contributed by atoms with van der Waals surface area (Å²) >= 11 is 0. The first-order valence-corrected chi connectivity index (χ1v) is 12.2. The number of halogens is 1. The van der Waals surface area contributed by atoms with Gasteiger partial charge in [0.1, 0.15) is 6.04 Å². The molecule has 1 unspecified atom stereocenters. The number of ether oxygens (including phenoxy) is 1.